The van der Waals surface area contributed by atoms with Crippen LogP contribution in [0.1, 0.15) is 12.5 Å². The van der Waals surface area contributed by atoms with Crippen LogP contribution in [0.2, 0.25) is 0 Å². The van der Waals surface area contributed by atoms with E-state index in [1.54, 1.807) is 6.33 Å². The van der Waals surface area contributed by atoms with Crippen LogP contribution in [0.15, 0.2) is 59.9 Å². The van der Waals surface area contributed by atoms with E-state index in [1.165, 1.54) is 17.3 Å². The van der Waals surface area contributed by atoms with Crippen molar-refractivity contribution in [2.24, 2.45) is 0 Å². The SMILES string of the molecule is CCc1ccc(NC(=O)CSc2ncnc3c2[nH]c2ccccc23)cc1. The van der Waals surface area contributed by atoms with Crippen molar-refractivity contribution in [3.8, 4) is 0 Å². The van der Waals surface area contributed by atoms with E-state index in [9.17, 15) is 4.79 Å². The van der Waals surface area contributed by atoms with E-state index in [-0.39, 0.29) is 11.7 Å². The Labute approximate surface area is 155 Å². The molecule has 2 aromatic heterocycles. The monoisotopic (exact) mass is 362 g/mol. The average molecular weight is 362 g/mol. The molecule has 0 saturated carbocycles. The number of hydrogen-bond donors (Lipinski definition) is 2. The van der Waals surface area contributed by atoms with Crippen LogP contribution in [0.5, 0.6) is 0 Å². The largest absolute Gasteiger partial charge is 0.351 e. The van der Waals surface area contributed by atoms with Gasteiger partial charge >= 0.3 is 0 Å². The Bertz CT molecular complexity index is 1070. The maximum Gasteiger partial charge on any atom is 0.234 e. The fraction of sp³-hybridized carbons (Fsp3) is 0.150. The number of aromatic nitrogens is 3. The molecule has 2 aromatic carbocycles. The zero-order valence-electron chi connectivity index (χ0n) is 14.3. The average Bonchev–Trinajstić information content (AvgIpc) is 3.06. The van der Waals surface area contributed by atoms with E-state index in [4.69, 9.17) is 0 Å². The Morgan fingerprint density at radius 1 is 1.12 bits per heavy atom. The lowest BCUT2D eigenvalue weighted by molar-refractivity contribution is -0.113. The first kappa shape index (κ1) is 16.6. The van der Waals surface area contributed by atoms with Gasteiger partial charge in [-0.25, -0.2) is 9.97 Å². The number of amides is 1. The Balaban J connectivity index is 1.49. The van der Waals surface area contributed by atoms with E-state index in [0.29, 0.717) is 0 Å². The summed E-state index contributed by atoms with van der Waals surface area (Å²) in [5.74, 6) is 0.235. The minimum Gasteiger partial charge on any atom is -0.351 e. The van der Waals surface area contributed by atoms with Gasteiger partial charge in [0.1, 0.15) is 16.9 Å². The minimum absolute atomic E-state index is 0.0536. The Morgan fingerprint density at radius 2 is 1.92 bits per heavy atom. The van der Waals surface area contributed by atoms with Gasteiger partial charge in [0.2, 0.25) is 5.91 Å². The number of thioether (sulfide) groups is 1. The number of carbonyl (C=O) groups excluding carboxylic acids is 1. The third-order valence-electron chi connectivity index (χ3n) is 4.24. The van der Waals surface area contributed by atoms with Gasteiger partial charge in [0.15, 0.2) is 0 Å². The van der Waals surface area contributed by atoms with Crippen molar-refractivity contribution in [1.82, 2.24) is 15.0 Å². The number of fused-ring (bicyclic) bond motifs is 3. The highest BCUT2D eigenvalue weighted by molar-refractivity contribution is 8.00. The number of hydrogen-bond acceptors (Lipinski definition) is 4. The van der Waals surface area contributed by atoms with E-state index >= 15 is 0 Å². The van der Waals surface area contributed by atoms with Crippen molar-refractivity contribution < 1.29 is 4.79 Å². The highest BCUT2D eigenvalue weighted by atomic mass is 32.2. The van der Waals surface area contributed by atoms with Gasteiger partial charge in [0.05, 0.1) is 11.3 Å². The lowest BCUT2D eigenvalue weighted by atomic mass is 10.1. The van der Waals surface area contributed by atoms with Crippen LogP contribution >= 0.6 is 11.8 Å². The van der Waals surface area contributed by atoms with Crippen LogP contribution in [-0.2, 0) is 11.2 Å². The zero-order valence-corrected chi connectivity index (χ0v) is 15.1. The molecular weight excluding hydrogens is 344 g/mol. The van der Waals surface area contributed by atoms with Crippen LogP contribution in [-0.4, -0.2) is 26.6 Å². The molecule has 5 nitrogen and oxygen atoms in total. The molecule has 0 aliphatic heterocycles. The summed E-state index contributed by atoms with van der Waals surface area (Å²) in [5.41, 5.74) is 4.84. The van der Waals surface area contributed by atoms with Crippen LogP contribution < -0.4 is 5.32 Å². The maximum atomic E-state index is 12.3. The predicted octanol–water partition coefficient (Wildman–Crippen LogP) is 4.40. The molecule has 4 rings (SSSR count). The Hall–Kier alpha value is -2.86. The summed E-state index contributed by atoms with van der Waals surface area (Å²) in [5, 5.41) is 4.77. The van der Waals surface area contributed by atoms with Crippen molar-refractivity contribution in [2.45, 2.75) is 18.4 Å². The van der Waals surface area contributed by atoms with Crippen molar-refractivity contribution >= 4 is 45.3 Å². The summed E-state index contributed by atoms with van der Waals surface area (Å²) in [6.45, 7) is 2.11. The number of carbonyl (C=O) groups is 1. The molecule has 0 atom stereocenters. The van der Waals surface area contributed by atoms with E-state index in [0.717, 1.165) is 39.1 Å². The summed E-state index contributed by atoms with van der Waals surface area (Å²) >= 11 is 1.41. The molecule has 0 fully saturated rings. The number of aryl methyl sites for hydroxylation is 1. The number of nitrogens with zero attached hydrogens (tertiary/aromatic N) is 2. The van der Waals surface area contributed by atoms with Crippen LogP contribution in [0.4, 0.5) is 5.69 Å². The molecule has 0 spiro atoms. The highest BCUT2D eigenvalue weighted by Crippen LogP contribution is 2.29. The Morgan fingerprint density at radius 3 is 2.73 bits per heavy atom. The van der Waals surface area contributed by atoms with Gasteiger partial charge in [-0.1, -0.05) is 49.0 Å². The summed E-state index contributed by atoms with van der Waals surface area (Å²) in [4.78, 5) is 24.3. The van der Waals surface area contributed by atoms with E-state index in [2.05, 4.69) is 27.2 Å². The molecule has 0 aliphatic rings. The predicted molar refractivity (Wildman–Crippen MR) is 107 cm³/mol. The van der Waals surface area contributed by atoms with Gasteiger partial charge in [-0.3, -0.25) is 4.79 Å². The molecule has 26 heavy (non-hydrogen) atoms. The van der Waals surface area contributed by atoms with Gasteiger partial charge in [-0.05, 0) is 30.2 Å². The third-order valence-corrected chi connectivity index (χ3v) is 5.23. The number of rotatable bonds is 5. The van der Waals surface area contributed by atoms with Crippen molar-refractivity contribution in [3.05, 3.63) is 60.4 Å². The first-order chi connectivity index (χ1) is 12.7. The normalized spacial score (nSPS) is 11.1. The molecular formula is C20H18N4OS. The van der Waals surface area contributed by atoms with Crippen molar-refractivity contribution in [3.63, 3.8) is 0 Å². The third kappa shape index (κ3) is 3.28. The number of aromatic amines is 1. The van der Waals surface area contributed by atoms with Gasteiger partial charge in [-0.15, -0.1) is 0 Å². The highest BCUT2D eigenvalue weighted by Gasteiger charge is 2.12. The van der Waals surface area contributed by atoms with Gasteiger partial charge < -0.3 is 10.3 Å². The number of benzene rings is 2. The topological polar surface area (TPSA) is 70.7 Å². The van der Waals surface area contributed by atoms with Crippen LogP contribution in [0.25, 0.3) is 21.9 Å². The first-order valence-electron chi connectivity index (χ1n) is 8.47. The zero-order chi connectivity index (χ0) is 17.9. The Kier molecular flexibility index (Phi) is 4.58. The lowest BCUT2D eigenvalue weighted by Gasteiger charge is -2.06. The molecule has 0 saturated heterocycles. The fourth-order valence-corrected chi connectivity index (χ4v) is 3.64. The van der Waals surface area contributed by atoms with Crippen LogP contribution in [0.3, 0.4) is 0 Å². The molecule has 1 amide bonds. The van der Waals surface area contributed by atoms with Gasteiger partial charge in [0, 0.05) is 16.6 Å². The molecule has 0 bridgehead atoms. The van der Waals surface area contributed by atoms with Gasteiger partial charge in [-0.2, -0.15) is 0 Å². The van der Waals surface area contributed by atoms with E-state index < -0.39 is 0 Å². The fourth-order valence-electron chi connectivity index (χ4n) is 2.88. The molecule has 4 aromatic rings. The van der Waals surface area contributed by atoms with Gasteiger partial charge in [0.25, 0.3) is 0 Å². The standard InChI is InChI=1S/C20H18N4OS/c1-2-13-7-9-14(10-8-13)23-17(25)11-26-20-19-18(21-12-22-20)15-5-3-4-6-16(15)24-19/h3-10,12,24H,2,11H2,1H3,(H,23,25). The summed E-state index contributed by atoms with van der Waals surface area (Å²) in [6, 6.07) is 15.9. The first-order valence-corrected chi connectivity index (χ1v) is 9.46. The number of para-hydroxylation sites is 1. The quantitative estimate of drug-likeness (QED) is 0.408. The van der Waals surface area contributed by atoms with Crippen LogP contribution in [0, 0.1) is 0 Å². The second-order valence-electron chi connectivity index (χ2n) is 5.96. The molecule has 130 valence electrons. The minimum atomic E-state index is -0.0536. The second-order valence-corrected chi connectivity index (χ2v) is 6.92. The maximum absolute atomic E-state index is 12.3. The van der Waals surface area contributed by atoms with E-state index in [1.807, 2.05) is 48.5 Å². The molecule has 6 heteroatoms. The second kappa shape index (κ2) is 7.17. The number of anilines is 1. The number of H-pyrrole nitrogens is 1. The van der Waals surface area contributed by atoms with Crippen molar-refractivity contribution in [1.29, 1.82) is 0 Å². The molecule has 0 unspecified atom stereocenters. The molecule has 0 radical (unpaired) electrons. The summed E-state index contributed by atoms with van der Waals surface area (Å²) < 4.78 is 0. The smallest absolute Gasteiger partial charge is 0.234 e. The summed E-state index contributed by atoms with van der Waals surface area (Å²) in [7, 11) is 0. The summed E-state index contributed by atoms with van der Waals surface area (Å²) in [6.07, 6.45) is 2.53. The van der Waals surface area contributed by atoms with Crippen molar-refractivity contribution in [2.75, 3.05) is 11.1 Å². The number of nitrogens with one attached hydrogen (secondary N) is 2. The molecule has 2 N–H and O–H groups in total. The molecule has 0 aliphatic carbocycles. The molecule has 2 heterocycles. The lowest BCUT2D eigenvalue weighted by Crippen LogP contribution is -2.14.